The molecule has 0 N–H and O–H groups in total. The zero-order chi connectivity index (χ0) is 20.9. The Labute approximate surface area is 168 Å². The zero-order valence-electron chi connectivity index (χ0n) is 16.9. The van der Waals surface area contributed by atoms with Gasteiger partial charge in [0.1, 0.15) is 11.9 Å². The molecule has 1 saturated carbocycles. The molecule has 1 aliphatic carbocycles. The molecular weight excluding hydrogens is 404 g/mol. The topological polar surface area (TPSA) is 93.2 Å². The SMILES string of the molecule is CCN(CC)C1CCCCC1Oc1ccc(N(OS(C)(=O)=O)S(C)(=O)=O)cc1. The molecule has 1 aromatic rings. The monoisotopic (exact) mass is 434 g/mol. The van der Waals surface area contributed by atoms with E-state index in [0.717, 1.165) is 44.9 Å². The molecule has 0 amide bonds. The van der Waals surface area contributed by atoms with E-state index in [4.69, 9.17) is 4.74 Å². The molecule has 0 aromatic heterocycles. The largest absolute Gasteiger partial charge is 0.489 e. The summed E-state index contributed by atoms with van der Waals surface area (Å²) in [5.74, 6) is 0.612. The molecule has 0 spiro atoms. The van der Waals surface area contributed by atoms with Crippen LogP contribution in [0.4, 0.5) is 5.69 Å². The normalized spacial score (nSPS) is 20.9. The molecule has 10 heteroatoms. The third-order valence-electron chi connectivity index (χ3n) is 4.79. The van der Waals surface area contributed by atoms with Gasteiger partial charge in [0, 0.05) is 6.04 Å². The minimum absolute atomic E-state index is 0.0674. The molecule has 1 aromatic carbocycles. The standard InChI is InChI=1S/C18H30N2O6S2/c1-5-19(6-2)17-9-7-8-10-18(17)25-16-13-11-15(12-14-16)20(27(3,21)22)26-28(4,23)24/h11-14,17-18H,5-10H2,1-4H3. The number of rotatable bonds is 9. The van der Waals surface area contributed by atoms with Crippen LogP contribution in [0.1, 0.15) is 39.5 Å². The fraction of sp³-hybridized carbons (Fsp3) is 0.667. The third kappa shape index (κ3) is 6.33. The lowest BCUT2D eigenvalue weighted by atomic mass is 9.91. The van der Waals surface area contributed by atoms with E-state index in [0.29, 0.717) is 16.3 Å². The van der Waals surface area contributed by atoms with Crippen LogP contribution in [-0.2, 0) is 24.4 Å². The summed E-state index contributed by atoms with van der Waals surface area (Å²) in [7, 11) is -7.93. The van der Waals surface area contributed by atoms with E-state index in [2.05, 4.69) is 23.0 Å². The second-order valence-electron chi connectivity index (χ2n) is 6.99. The number of hydrogen-bond acceptors (Lipinski definition) is 7. The van der Waals surface area contributed by atoms with Crippen LogP contribution < -0.4 is 9.21 Å². The van der Waals surface area contributed by atoms with Crippen LogP contribution >= 0.6 is 0 Å². The summed E-state index contributed by atoms with van der Waals surface area (Å²) in [4.78, 5) is 2.41. The van der Waals surface area contributed by atoms with Gasteiger partial charge < -0.3 is 4.74 Å². The maximum absolute atomic E-state index is 11.9. The van der Waals surface area contributed by atoms with Crippen molar-refractivity contribution in [1.82, 2.24) is 4.90 Å². The summed E-state index contributed by atoms with van der Waals surface area (Å²) in [5.41, 5.74) is 0.0872. The Morgan fingerprint density at radius 1 is 0.964 bits per heavy atom. The first kappa shape index (κ1) is 22.9. The van der Waals surface area contributed by atoms with E-state index in [1.165, 1.54) is 18.6 Å². The van der Waals surface area contributed by atoms with Gasteiger partial charge in [0.25, 0.3) is 20.1 Å². The maximum Gasteiger partial charge on any atom is 0.286 e. The van der Waals surface area contributed by atoms with Crippen LogP contribution in [0.5, 0.6) is 5.75 Å². The lowest BCUT2D eigenvalue weighted by Gasteiger charge is -2.39. The van der Waals surface area contributed by atoms with Crippen LogP contribution in [0.25, 0.3) is 0 Å². The lowest BCUT2D eigenvalue weighted by molar-refractivity contribution is 0.0413. The van der Waals surface area contributed by atoms with Crippen molar-refractivity contribution in [1.29, 1.82) is 0 Å². The number of anilines is 1. The number of ether oxygens (including phenoxy) is 1. The van der Waals surface area contributed by atoms with Crippen molar-refractivity contribution in [3.63, 3.8) is 0 Å². The van der Waals surface area contributed by atoms with Crippen LogP contribution in [0, 0.1) is 0 Å². The van der Waals surface area contributed by atoms with E-state index in [1.54, 1.807) is 12.1 Å². The smallest absolute Gasteiger partial charge is 0.286 e. The Kier molecular flexibility index (Phi) is 7.72. The number of likely N-dealkylation sites (N-methyl/N-ethyl adjacent to an activating group) is 1. The van der Waals surface area contributed by atoms with Gasteiger partial charge in [0.15, 0.2) is 0 Å². The molecule has 2 atom stereocenters. The predicted octanol–water partition coefficient (Wildman–Crippen LogP) is 2.38. The summed E-state index contributed by atoms with van der Waals surface area (Å²) in [6, 6.07) is 6.55. The number of benzene rings is 1. The minimum Gasteiger partial charge on any atom is -0.489 e. The summed E-state index contributed by atoms with van der Waals surface area (Å²) < 4.78 is 57.8. The van der Waals surface area contributed by atoms with Crippen molar-refractivity contribution in [2.75, 3.05) is 30.1 Å². The average Bonchev–Trinajstić information content (AvgIpc) is 2.61. The van der Waals surface area contributed by atoms with Crippen LogP contribution in [-0.4, -0.2) is 59.5 Å². The summed E-state index contributed by atoms with van der Waals surface area (Å²) in [6.07, 6.45) is 6.09. The quantitative estimate of drug-likeness (QED) is 0.551. The fourth-order valence-electron chi connectivity index (χ4n) is 3.56. The molecule has 1 fully saturated rings. The first-order valence-corrected chi connectivity index (χ1v) is 13.1. The van der Waals surface area contributed by atoms with Gasteiger partial charge in [-0.05, 0) is 56.6 Å². The first-order chi connectivity index (χ1) is 13.0. The van der Waals surface area contributed by atoms with E-state index in [-0.39, 0.29) is 11.8 Å². The highest BCUT2D eigenvalue weighted by Gasteiger charge is 2.30. The summed E-state index contributed by atoms with van der Waals surface area (Å²) >= 11 is 0. The number of sulfonamides is 1. The van der Waals surface area contributed by atoms with Gasteiger partial charge in [-0.3, -0.25) is 4.90 Å². The van der Waals surface area contributed by atoms with Gasteiger partial charge in [0.05, 0.1) is 18.2 Å². The van der Waals surface area contributed by atoms with Crippen molar-refractivity contribution in [2.45, 2.75) is 51.7 Å². The molecule has 0 bridgehead atoms. The predicted molar refractivity (Wildman–Crippen MR) is 109 cm³/mol. The molecular formula is C18H30N2O6S2. The van der Waals surface area contributed by atoms with Crippen LogP contribution in [0.15, 0.2) is 24.3 Å². The van der Waals surface area contributed by atoms with Gasteiger partial charge in [-0.15, -0.1) is 8.75 Å². The van der Waals surface area contributed by atoms with Gasteiger partial charge in [-0.25, -0.2) is 8.42 Å². The van der Waals surface area contributed by atoms with Crippen molar-refractivity contribution >= 4 is 25.8 Å². The number of hydrogen-bond donors (Lipinski definition) is 0. The Morgan fingerprint density at radius 2 is 1.54 bits per heavy atom. The Bertz CT molecular complexity index is 835. The van der Waals surface area contributed by atoms with E-state index >= 15 is 0 Å². The third-order valence-corrected chi connectivity index (χ3v) is 6.19. The lowest BCUT2D eigenvalue weighted by Crippen LogP contribution is -2.47. The summed E-state index contributed by atoms with van der Waals surface area (Å²) in [6.45, 7) is 6.22. The Balaban J connectivity index is 2.18. The molecule has 0 saturated heterocycles. The molecule has 160 valence electrons. The zero-order valence-corrected chi connectivity index (χ0v) is 18.5. The molecule has 0 aliphatic heterocycles. The van der Waals surface area contributed by atoms with Gasteiger partial charge in [0.2, 0.25) is 0 Å². The van der Waals surface area contributed by atoms with Crippen LogP contribution in [0.2, 0.25) is 0 Å². The van der Waals surface area contributed by atoms with E-state index in [1.807, 2.05) is 0 Å². The van der Waals surface area contributed by atoms with Crippen molar-refractivity contribution in [2.24, 2.45) is 0 Å². The van der Waals surface area contributed by atoms with Gasteiger partial charge in [-0.1, -0.05) is 20.3 Å². The van der Waals surface area contributed by atoms with Gasteiger partial charge in [-0.2, -0.15) is 8.42 Å². The highest BCUT2D eigenvalue weighted by atomic mass is 32.2. The first-order valence-electron chi connectivity index (χ1n) is 9.45. The molecule has 8 nitrogen and oxygen atoms in total. The van der Waals surface area contributed by atoms with Crippen molar-refractivity contribution in [3.8, 4) is 5.75 Å². The van der Waals surface area contributed by atoms with E-state index < -0.39 is 20.1 Å². The molecule has 0 heterocycles. The fourth-order valence-corrected chi connectivity index (χ4v) is 5.17. The highest BCUT2D eigenvalue weighted by Crippen LogP contribution is 2.29. The Hall–Kier alpha value is -1.36. The molecule has 1 aliphatic rings. The molecule has 0 radical (unpaired) electrons. The average molecular weight is 435 g/mol. The second-order valence-corrected chi connectivity index (χ2v) is 10.3. The summed E-state index contributed by atoms with van der Waals surface area (Å²) in [5, 5.41) is 0. The molecule has 2 rings (SSSR count). The molecule has 28 heavy (non-hydrogen) atoms. The molecule has 2 unspecified atom stereocenters. The number of nitrogens with zero attached hydrogens (tertiary/aromatic N) is 2. The van der Waals surface area contributed by atoms with Crippen molar-refractivity contribution in [3.05, 3.63) is 24.3 Å². The highest BCUT2D eigenvalue weighted by molar-refractivity contribution is 7.93. The maximum atomic E-state index is 11.9. The van der Waals surface area contributed by atoms with Gasteiger partial charge >= 0.3 is 0 Å². The second kappa shape index (κ2) is 9.43. The van der Waals surface area contributed by atoms with E-state index in [9.17, 15) is 16.8 Å². The van der Waals surface area contributed by atoms with Crippen molar-refractivity contribution < 1.29 is 25.9 Å². The minimum atomic E-state index is -4.00. The Morgan fingerprint density at radius 3 is 2.04 bits per heavy atom. The van der Waals surface area contributed by atoms with Crippen LogP contribution in [0.3, 0.4) is 0 Å².